The number of rotatable bonds is 7. The van der Waals surface area contributed by atoms with Crippen LogP contribution in [-0.4, -0.2) is 48.1 Å². The minimum absolute atomic E-state index is 0.138. The molecule has 1 amide bonds. The van der Waals surface area contributed by atoms with Gasteiger partial charge in [0.25, 0.3) is 0 Å². The topological polar surface area (TPSA) is 83.9 Å². The van der Waals surface area contributed by atoms with Crippen molar-refractivity contribution in [3.8, 4) is 0 Å². The summed E-state index contributed by atoms with van der Waals surface area (Å²) in [6.45, 7) is 4.76. The van der Waals surface area contributed by atoms with Crippen LogP contribution in [0.5, 0.6) is 0 Å². The van der Waals surface area contributed by atoms with Gasteiger partial charge in [0.15, 0.2) is 0 Å². The van der Waals surface area contributed by atoms with Gasteiger partial charge in [-0.2, -0.15) is 0 Å². The molecule has 0 unspecified atom stereocenters. The van der Waals surface area contributed by atoms with Gasteiger partial charge in [-0.25, -0.2) is 0 Å². The smallest absolute Gasteiger partial charge is 0.307 e. The molecule has 19 heavy (non-hydrogen) atoms. The third kappa shape index (κ3) is 4.54. The van der Waals surface area contributed by atoms with Gasteiger partial charge in [-0.05, 0) is 12.3 Å². The van der Waals surface area contributed by atoms with E-state index in [2.05, 4.69) is 4.74 Å². The highest BCUT2D eigenvalue weighted by Crippen LogP contribution is 2.40. The average molecular weight is 271 g/mol. The summed E-state index contributed by atoms with van der Waals surface area (Å²) >= 11 is 0. The number of nitrogens with zero attached hydrogens (tertiary/aromatic N) is 1. The fourth-order valence-electron chi connectivity index (χ4n) is 2.04. The molecule has 0 aromatic rings. The second-order valence-corrected chi connectivity index (χ2v) is 5.29. The zero-order valence-corrected chi connectivity index (χ0v) is 11.6. The predicted octanol–water partition coefficient (Wildman–Crippen LogP) is 0.755. The molecule has 1 rings (SSSR count). The Morgan fingerprint density at radius 1 is 1.32 bits per heavy atom. The van der Waals surface area contributed by atoms with Crippen molar-refractivity contribution in [2.75, 3.05) is 20.2 Å². The number of esters is 1. The van der Waals surface area contributed by atoms with E-state index in [9.17, 15) is 14.4 Å². The molecular weight excluding hydrogens is 250 g/mol. The van der Waals surface area contributed by atoms with Crippen LogP contribution >= 0.6 is 0 Å². The number of carboxylic acids is 1. The molecule has 0 heterocycles. The van der Waals surface area contributed by atoms with Gasteiger partial charge in [0.05, 0.1) is 25.4 Å². The van der Waals surface area contributed by atoms with Crippen LogP contribution in [0.4, 0.5) is 0 Å². The van der Waals surface area contributed by atoms with E-state index in [-0.39, 0.29) is 30.8 Å². The minimum Gasteiger partial charge on any atom is -0.481 e. The molecule has 1 saturated carbocycles. The first-order valence-corrected chi connectivity index (χ1v) is 6.45. The van der Waals surface area contributed by atoms with Crippen LogP contribution in [0.15, 0.2) is 0 Å². The first kappa shape index (κ1) is 15.5. The molecule has 0 aromatic carbocycles. The Balaban J connectivity index is 2.56. The number of aliphatic carboxylic acids is 1. The molecule has 2 atom stereocenters. The molecule has 1 N–H and O–H groups in total. The molecule has 0 spiro atoms. The molecule has 6 heteroatoms. The maximum Gasteiger partial charge on any atom is 0.307 e. The summed E-state index contributed by atoms with van der Waals surface area (Å²) in [6.07, 6.45) is 0.542. The Labute approximate surface area is 112 Å². The number of ether oxygens (including phenoxy) is 1. The molecule has 1 aliphatic rings. The summed E-state index contributed by atoms with van der Waals surface area (Å²) in [5.74, 6) is -2.16. The maximum absolute atomic E-state index is 12.2. The van der Waals surface area contributed by atoms with Gasteiger partial charge in [0.1, 0.15) is 0 Å². The summed E-state index contributed by atoms with van der Waals surface area (Å²) in [7, 11) is 1.30. The van der Waals surface area contributed by atoms with Crippen molar-refractivity contribution in [3.05, 3.63) is 0 Å². The molecule has 0 aromatic heterocycles. The van der Waals surface area contributed by atoms with Gasteiger partial charge < -0.3 is 14.7 Å². The van der Waals surface area contributed by atoms with Crippen molar-refractivity contribution in [3.63, 3.8) is 0 Å². The second kappa shape index (κ2) is 6.54. The first-order valence-electron chi connectivity index (χ1n) is 6.45. The van der Waals surface area contributed by atoms with Crippen LogP contribution in [0.1, 0.15) is 26.7 Å². The van der Waals surface area contributed by atoms with E-state index in [0.717, 1.165) is 0 Å². The van der Waals surface area contributed by atoms with Gasteiger partial charge in [0, 0.05) is 13.1 Å². The molecule has 1 fully saturated rings. The molecule has 1 aliphatic carbocycles. The number of hydrogen-bond acceptors (Lipinski definition) is 4. The normalized spacial score (nSPS) is 21.1. The van der Waals surface area contributed by atoms with Crippen molar-refractivity contribution in [2.45, 2.75) is 26.7 Å². The Morgan fingerprint density at radius 3 is 2.37 bits per heavy atom. The van der Waals surface area contributed by atoms with Gasteiger partial charge >= 0.3 is 11.9 Å². The molecule has 0 radical (unpaired) electrons. The molecule has 6 nitrogen and oxygen atoms in total. The van der Waals surface area contributed by atoms with Crippen LogP contribution in [-0.2, 0) is 19.1 Å². The van der Waals surface area contributed by atoms with Gasteiger partial charge in [-0.1, -0.05) is 13.8 Å². The van der Waals surface area contributed by atoms with E-state index >= 15 is 0 Å². The first-order chi connectivity index (χ1) is 8.86. The number of carboxylic acid groups (broad SMARTS) is 1. The van der Waals surface area contributed by atoms with Crippen molar-refractivity contribution >= 4 is 17.8 Å². The van der Waals surface area contributed by atoms with Crippen molar-refractivity contribution in [1.29, 1.82) is 0 Å². The summed E-state index contributed by atoms with van der Waals surface area (Å²) in [5.41, 5.74) is 0. The zero-order valence-electron chi connectivity index (χ0n) is 11.6. The van der Waals surface area contributed by atoms with Crippen molar-refractivity contribution < 1.29 is 24.2 Å². The minimum atomic E-state index is -0.921. The highest BCUT2D eigenvalue weighted by Gasteiger charge is 2.49. The number of carbonyl (C=O) groups excluding carboxylic acids is 2. The fraction of sp³-hybridized carbons (Fsp3) is 0.769. The van der Waals surface area contributed by atoms with Crippen molar-refractivity contribution in [2.24, 2.45) is 17.8 Å². The van der Waals surface area contributed by atoms with Crippen LogP contribution < -0.4 is 0 Å². The van der Waals surface area contributed by atoms with Gasteiger partial charge in [0.2, 0.25) is 5.91 Å². The SMILES string of the molecule is COC(=O)CCN(CC(C)C)C(=O)[C@@H]1C[C@@H]1C(=O)O. The third-order valence-electron chi connectivity index (χ3n) is 3.14. The number of amides is 1. The lowest BCUT2D eigenvalue weighted by Gasteiger charge is -2.24. The Bertz CT molecular complexity index is 366. The molecular formula is C13H21NO5. The Hall–Kier alpha value is -1.59. The quantitative estimate of drug-likeness (QED) is 0.691. The highest BCUT2D eigenvalue weighted by molar-refractivity contribution is 5.89. The summed E-state index contributed by atoms with van der Waals surface area (Å²) in [5, 5.41) is 8.85. The second-order valence-electron chi connectivity index (χ2n) is 5.29. The lowest BCUT2D eigenvalue weighted by molar-refractivity contribution is -0.144. The monoisotopic (exact) mass is 271 g/mol. The van der Waals surface area contributed by atoms with Gasteiger partial charge in [-0.15, -0.1) is 0 Å². The lowest BCUT2D eigenvalue weighted by atomic mass is 10.1. The number of carbonyl (C=O) groups is 3. The van der Waals surface area contributed by atoms with E-state index in [4.69, 9.17) is 5.11 Å². The van der Waals surface area contributed by atoms with E-state index in [1.807, 2.05) is 13.8 Å². The highest BCUT2D eigenvalue weighted by atomic mass is 16.5. The fourth-order valence-corrected chi connectivity index (χ4v) is 2.04. The Kier molecular flexibility index (Phi) is 5.32. The summed E-state index contributed by atoms with van der Waals surface area (Å²) in [6, 6.07) is 0. The zero-order chi connectivity index (χ0) is 14.6. The molecule has 0 aliphatic heterocycles. The summed E-state index contributed by atoms with van der Waals surface area (Å²) in [4.78, 5) is 35.7. The van der Waals surface area contributed by atoms with Crippen LogP contribution in [0.2, 0.25) is 0 Å². The van der Waals surface area contributed by atoms with Crippen LogP contribution in [0, 0.1) is 17.8 Å². The number of methoxy groups -OCH3 is 1. The van der Waals surface area contributed by atoms with E-state index < -0.39 is 17.8 Å². The average Bonchev–Trinajstić information content (AvgIpc) is 3.12. The molecule has 108 valence electrons. The Morgan fingerprint density at radius 2 is 1.95 bits per heavy atom. The third-order valence-corrected chi connectivity index (χ3v) is 3.14. The lowest BCUT2D eigenvalue weighted by Crippen LogP contribution is -2.37. The van der Waals surface area contributed by atoms with E-state index in [1.54, 1.807) is 4.90 Å². The van der Waals surface area contributed by atoms with Crippen LogP contribution in [0.3, 0.4) is 0 Å². The van der Waals surface area contributed by atoms with E-state index in [1.165, 1.54) is 7.11 Å². The van der Waals surface area contributed by atoms with Crippen molar-refractivity contribution in [1.82, 2.24) is 4.90 Å². The molecule has 0 bridgehead atoms. The standard InChI is InChI=1S/C13H21NO5/c1-8(2)7-14(5-4-11(15)19-3)12(16)9-6-10(9)13(17)18/h8-10H,4-7H2,1-3H3,(H,17,18)/t9-,10+/m1/s1. The maximum atomic E-state index is 12.2. The number of hydrogen-bond donors (Lipinski definition) is 1. The predicted molar refractivity (Wildman–Crippen MR) is 67.3 cm³/mol. The largest absolute Gasteiger partial charge is 0.481 e. The summed E-state index contributed by atoms with van der Waals surface area (Å²) < 4.78 is 4.55. The van der Waals surface area contributed by atoms with E-state index in [0.29, 0.717) is 13.0 Å². The molecule has 0 saturated heterocycles. The van der Waals surface area contributed by atoms with Crippen LogP contribution in [0.25, 0.3) is 0 Å². The van der Waals surface area contributed by atoms with Gasteiger partial charge in [-0.3, -0.25) is 14.4 Å².